The molecule has 0 bridgehead atoms. The number of amides is 4. The van der Waals surface area contributed by atoms with Crippen molar-refractivity contribution >= 4 is 57.4 Å². The highest BCUT2D eigenvalue weighted by molar-refractivity contribution is 6.30. The molecule has 9 rings (SSSR count). The van der Waals surface area contributed by atoms with Gasteiger partial charge in [0.25, 0.3) is 11.8 Å². The number of nitrogens with zero attached hydrogens (tertiary/aromatic N) is 2. The van der Waals surface area contributed by atoms with Crippen molar-refractivity contribution in [2.75, 3.05) is 10.3 Å². The third-order valence-corrected chi connectivity index (χ3v) is 12.4. The van der Waals surface area contributed by atoms with Gasteiger partial charge in [-0.3, -0.25) is 29.5 Å². The van der Waals surface area contributed by atoms with Crippen molar-refractivity contribution in [2.24, 2.45) is 23.7 Å². The SMILES string of the molecule is CCc1ccc(N2C(=O)C3CC=C4C(CC5C(=O)N(Nc6ccc(F)cc6)C(=O)C5(c5ccc(Cl)cc5)C4c4ccc5ccccc5c4O)C3C2=O)cc1. The smallest absolute Gasteiger partial charge is 0.260 e. The molecule has 2 aliphatic heterocycles. The first-order chi connectivity index (χ1) is 26.1. The molecule has 2 saturated heterocycles. The van der Waals surface area contributed by atoms with E-state index in [-0.39, 0.29) is 30.4 Å². The first-order valence-electron chi connectivity index (χ1n) is 18.2. The van der Waals surface area contributed by atoms with E-state index in [9.17, 15) is 23.9 Å². The zero-order chi connectivity index (χ0) is 37.5. The van der Waals surface area contributed by atoms with Crippen LogP contribution in [0.15, 0.2) is 121 Å². The maximum atomic E-state index is 15.4. The first kappa shape index (κ1) is 34.0. The quantitative estimate of drug-likeness (QED) is 0.135. The number of imide groups is 2. The summed E-state index contributed by atoms with van der Waals surface area (Å²) in [5.41, 5.74) is 4.92. The van der Waals surface area contributed by atoms with Crippen LogP contribution in [0.4, 0.5) is 15.8 Å². The van der Waals surface area contributed by atoms with E-state index < -0.39 is 52.6 Å². The van der Waals surface area contributed by atoms with Crippen molar-refractivity contribution < 1.29 is 28.7 Å². The molecule has 5 aromatic carbocycles. The van der Waals surface area contributed by atoms with Gasteiger partial charge in [0.1, 0.15) is 11.6 Å². The number of hydrazine groups is 1. The minimum Gasteiger partial charge on any atom is -0.507 e. The van der Waals surface area contributed by atoms with E-state index >= 15 is 4.79 Å². The summed E-state index contributed by atoms with van der Waals surface area (Å²) in [6.45, 7) is 2.03. The lowest BCUT2D eigenvalue weighted by Crippen LogP contribution is -2.53. The van der Waals surface area contributed by atoms with E-state index in [1.165, 1.54) is 29.2 Å². The number of fused-ring (bicyclic) bond motifs is 5. The van der Waals surface area contributed by atoms with E-state index in [1.54, 1.807) is 48.5 Å². The standard InChI is InChI=1S/C44H35ClFN3O5/c1-2-24-7-18-30(19-8-24)48-40(51)33-22-21-32-35(37(33)42(48)53)23-36-41(52)49(47-29-16-14-28(46)15-17-29)43(54)44(36,26-10-12-27(45)13-11-26)38(32)34-20-9-25-5-3-4-6-31(25)39(34)50/h3-21,33,35-38,47,50H,2,22-23H2,1H3. The molecule has 0 spiro atoms. The van der Waals surface area contributed by atoms with Crippen molar-refractivity contribution in [3.63, 3.8) is 0 Å². The summed E-state index contributed by atoms with van der Waals surface area (Å²) in [7, 11) is 0. The fourth-order valence-corrected chi connectivity index (χ4v) is 9.77. The van der Waals surface area contributed by atoms with Crippen LogP contribution in [0.25, 0.3) is 10.8 Å². The van der Waals surface area contributed by atoms with Gasteiger partial charge in [-0.1, -0.05) is 90.8 Å². The minimum atomic E-state index is -1.61. The van der Waals surface area contributed by atoms with Gasteiger partial charge in [0, 0.05) is 21.9 Å². The van der Waals surface area contributed by atoms with E-state index in [0.717, 1.165) is 28.0 Å². The van der Waals surface area contributed by atoms with Crippen LogP contribution in [-0.2, 0) is 31.0 Å². The van der Waals surface area contributed by atoms with E-state index in [4.69, 9.17) is 11.6 Å². The Labute approximate surface area is 315 Å². The number of phenolic OH excluding ortho intramolecular Hbond substituents is 1. The molecular formula is C44H35ClFN3O5. The third-order valence-electron chi connectivity index (χ3n) is 12.1. The van der Waals surface area contributed by atoms with Gasteiger partial charge >= 0.3 is 0 Å². The molecule has 2 N–H and O–H groups in total. The summed E-state index contributed by atoms with van der Waals surface area (Å²) in [6.07, 6.45) is 3.11. The molecule has 54 heavy (non-hydrogen) atoms. The largest absolute Gasteiger partial charge is 0.507 e. The van der Waals surface area contributed by atoms with E-state index in [1.807, 2.05) is 49.4 Å². The van der Waals surface area contributed by atoms with Gasteiger partial charge in [0.2, 0.25) is 11.8 Å². The number of allylic oxidation sites excluding steroid dienone is 2. The number of carbonyl (C=O) groups excluding carboxylic acids is 4. The Morgan fingerprint density at radius 1 is 0.833 bits per heavy atom. The minimum absolute atomic E-state index is 0.0366. The molecule has 8 nitrogen and oxygen atoms in total. The third kappa shape index (κ3) is 4.87. The number of aryl methyl sites for hydroxylation is 1. The monoisotopic (exact) mass is 739 g/mol. The van der Waals surface area contributed by atoms with Crippen molar-refractivity contribution in [1.82, 2.24) is 5.01 Å². The molecule has 270 valence electrons. The van der Waals surface area contributed by atoms with Crippen LogP contribution in [-0.4, -0.2) is 33.7 Å². The molecule has 0 aromatic heterocycles. The van der Waals surface area contributed by atoms with Gasteiger partial charge in [0.05, 0.1) is 34.5 Å². The van der Waals surface area contributed by atoms with Gasteiger partial charge in [0.15, 0.2) is 0 Å². The molecule has 3 fully saturated rings. The predicted octanol–water partition coefficient (Wildman–Crippen LogP) is 8.09. The molecule has 10 heteroatoms. The lowest BCUT2D eigenvalue weighted by atomic mass is 9.49. The molecule has 2 aliphatic carbocycles. The average Bonchev–Trinajstić information content (AvgIpc) is 3.57. The highest BCUT2D eigenvalue weighted by atomic mass is 35.5. The van der Waals surface area contributed by atoms with Crippen LogP contribution >= 0.6 is 11.6 Å². The zero-order valence-electron chi connectivity index (χ0n) is 29.2. The number of anilines is 2. The Morgan fingerprint density at radius 3 is 2.28 bits per heavy atom. The molecule has 4 amide bonds. The Hall–Kier alpha value is -5.80. The fraction of sp³-hybridized carbons (Fsp3) is 0.227. The molecule has 1 saturated carbocycles. The Balaban J connectivity index is 1.26. The van der Waals surface area contributed by atoms with Crippen LogP contribution in [0.2, 0.25) is 5.02 Å². The first-order valence-corrected chi connectivity index (χ1v) is 18.5. The Bertz CT molecular complexity index is 2410. The zero-order valence-corrected chi connectivity index (χ0v) is 30.0. The maximum Gasteiger partial charge on any atom is 0.260 e. The summed E-state index contributed by atoms with van der Waals surface area (Å²) in [6, 6.07) is 30.6. The maximum absolute atomic E-state index is 15.4. The van der Waals surface area contributed by atoms with Crippen LogP contribution in [0.3, 0.4) is 0 Å². The summed E-state index contributed by atoms with van der Waals surface area (Å²) >= 11 is 6.40. The molecule has 6 atom stereocenters. The van der Waals surface area contributed by atoms with Gasteiger partial charge in [-0.15, -0.1) is 0 Å². The van der Waals surface area contributed by atoms with Crippen LogP contribution in [0.1, 0.15) is 42.4 Å². The number of halogens is 2. The highest BCUT2D eigenvalue weighted by Gasteiger charge is 2.70. The summed E-state index contributed by atoms with van der Waals surface area (Å²) in [5, 5.41) is 15.0. The topological polar surface area (TPSA) is 107 Å². The van der Waals surface area contributed by atoms with Crippen molar-refractivity contribution in [3.05, 3.63) is 148 Å². The van der Waals surface area contributed by atoms with Crippen molar-refractivity contribution in [1.29, 1.82) is 0 Å². The second kappa shape index (κ2) is 12.7. The van der Waals surface area contributed by atoms with Gasteiger partial charge in [-0.2, -0.15) is 5.01 Å². The second-order valence-electron chi connectivity index (χ2n) is 14.6. The normalized spacial score (nSPS) is 26.1. The molecule has 4 aliphatic rings. The van der Waals surface area contributed by atoms with Crippen LogP contribution in [0, 0.1) is 29.5 Å². The molecule has 6 unspecified atom stereocenters. The molecule has 0 radical (unpaired) electrons. The fourth-order valence-electron chi connectivity index (χ4n) is 9.64. The lowest BCUT2D eigenvalue weighted by Gasteiger charge is -2.50. The number of aromatic hydroxyl groups is 1. The van der Waals surface area contributed by atoms with E-state index in [2.05, 4.69) is 5.43 Å². The summed E-state index contributed by atoms with van der Waals surface area (Å²) in [5.74, 6) is -6.26. The Kier molecular flexibility index (Phi) is 7.97. The molecule has 2 heterocycles. The van der Waals surface area contributed by atoms with Crippen LogP contribution in [0.5, 0.6) is 5.75 Å². The van der Waals surface area contributed by atoms with Crippen LogP contribution < -0.4 is 10.3 Å². The lowest BCUT2D eigenvalue weighted by molar-refractivity contribution is -0.138. The number of hydrogen-bond acceptors (Lipinski definition) is 6. The molecule has 5 aromatic rings. The summed E-state index contributed by atoms with van der Waals surface area (Å²) in [4.78, 5) is 60.3. The van der Waals surface area contributed by atoms with E-state index in [0.29, 0.717) is 32.9 Å². The second-order valence-corrected chi connectivity index (χ2v) is 15.1. The van der Waals surface area contributed by atoms with Gasteiger partial charge in [-0.05, 0) is 90.2 Å². The number of hydrogen-bond donors (Lipinski definition) is 2. The number of nitrogens with one attached hydrogen (secondary N) is 1. The van der Waals surface area contributed by atoms with Crippen molar-refractivity contribution in [2.45, 2.75) is 37.5 Å². The number of carbonyl (C=O) groups is 4. The predicted molar refractivity (Wildman–Crippen MR) is 203 cm³/mol. The Morgan fingerprint density at radius 2 is 1.56 bits per heavy atom. The molecular weight excluding hydrogens is 705 g/mol. The van der Waals surface area contributed by atoms with Gasteiger partial charge in [-0.25, -0.2) is 4.39 Å². The number of rotatable bonds is 6. The summed E-state index contributed by atoms with van der Waals surface area (Å²) < 4.78 is 13.9. The highest BCUT2D eigenvalue weighted by Crippen LogP contribution is 2.65. The number of phenols is 1. The van der Waals surface area contributed by atoms with Gasteiger partial charge < -0.3 is 5.11 Å². The average molecular weight is 740 g/mol. The number of benzene rings is 5. The van der Waals surface area contributed by atoms with Crippen molar-refractivity contribution in [3.8, 4) is 5.75 Å².